The Morgan fingerprint density at radius 3 is 3.14 bits per heavy atom. The molecule has 6 heteroatoms. The van der Waals surface area contributed by atoms with E-state index in [-0.39, 0.29) is 11.9 Å². The van der Waals surface area contributed by atoms with Crippen LogP contribution in [0, 0.1) is 0 Å². The maximum atomic E-state index is 11.7. The van der Waals surface area contributed by atoms with Crippen LogP contribution in [-0.4, -0.2) is 35.2 Å². The van der Waals surface area contributed by atoms with Gasteiger partial charge in [-0.3, -0.25) is 9.89 Å². The lowest BCUT2D eigenvalue weighted by molar-refractivity contribution is 0.0939. The summed E-state index contributed by atoms with van der Waals surface area (Å²) in [7, 11) is 0. The average molecular weight is 259 g/mol. The van der Waals surface area contributed by atoms with Crippen LogP contribution in [0.25, 0.3) is 0 Å². The third-order valence-corrected chi connectivity index (χ3v) is 2.84. The van der Waals surface area contributed by atoms with Crippen LogP contribution in [0.15, 0.2) is 10.8 Å². The monoisotopic (exact) mass is 258 g/mol. The summed E-state index contributed by atoms with van der Waals surface area (Å²) in [4.78, 5) is 11.7. The molecule has 3 N–H and O–H groups in total. The Balaban J connectivity index is 1.98. The first-order chi connectivity index (χ1) is 6.77. The molecule has 1 aliphatic rings. The second-order valence-electron chi connectivity index (χ2n) is 3.26. The number of hydrogen-bond acceptors (Lipinski definition) is 3. The summed E-state index contributed by atoms with van der Waals surface area (Å²) in [6.07, 6.45) is 2.50. The van der Waals surface area contributed by atoms with Crippen LogP contribution in [0.5, 0.6) is 0 Å². The van der Waals surface area contributed by atoms with E-state index in [1.165, 1.54) is 6.20 Å². The fourth-order valence-electron chi connectivity index (χ4n) is 1.47. The predicted molar refractivity (Wildman–Crippen MR) is 55.0 cm³/mol. The van der Waals surface area contributed by atoms with E-state index in [1.54, 1.807) is 0 Å². The van der Waals surface area contributed by atoms with Gasteiger partial charge in [0.15, 0.2) is 0 Å². The lowest BCUT2D eigenvalue weighted by Crippen LogP contribution is -2.36. The van der Waals surface area contributed by atoms with Crippen molar-refractivity contribution >= 4 is 21.8 Å². The second kappa shape index (κ2) is 4.10. The SMILES string of the molecule is O=C(NC1CCNC1)c1cn[nH]c1Br. The topological polar surface area (TPSA) is 69.8 Å². The van der Waals surface area contributed by atoms with Gasteiger partial charge in [-0.25, -0.2) is 0 Å². The number of rotatable bonds is 2. The van der Waals surface area contributed by atoms with Gasteiger partial charge in [-0.1, -0.05) is 0 Å². The molecule has 1 atom stereocenters. The van der Waals surface area contributed by atoms with Crippen molar-refractivity contribution in [3.63, 3.8) is 0 Å². The van der Waals surface area contributed by atoms with Gasteiger partial charge in [-0.05, 0) is 28.9 Å². The average Bonchev–Trinajstić information content (AvgIpc) is 2.75. The van der Waals surface area contributed by atoms with Crippen LogP contribution in [0.3, 0.4) is 0 Å². The summed E-state index contributed by atoms with van der Waals surface area (Å²) in [5.41, 5.74) is 0.553. The maximum absolute atomic E-state index is 11.7. The lowest BCUT2D eigenvalue weighted by atomic mass is 10.2. The van der Waals surface area contributed by atoms with Gasteiger partial charge < -0.3 is 10.6 Å². The van der Waals surface area contributed by atoms with Gasteiger partial charge >= 0.3 is 0 Å². The molecule has 76 valence electrons. The molecule has 2 heterocycles. The molecule has 1 saturated heterocycles. The van der Waals surface area contributed by atoms with Gasteiger partial charge in [0.2, 0.25) is 0 Å². The van der Waals surface area contributed by atoms with Crippen LogP contribution < -0.4 is 10.6 Å². The van der Waals surface area contributed by atoms with Crippen molar-refractivity contribution in [2.24, 2.45) is 0 Å². The lowest BCUT2D eigenvalue weighted by Gasteiger charge is -2.09. The molecule has 1 aliphatic heterocycles. The zero-order valence-electron chi connectivity index (χ0n) is 7.51. The molecule has 0 spiro atoms. The molecule has 1 aromatic heterocycles. The number of halogens is 1. The van der Waals surface area contributed by atoms with Crippen molar-refractivity contribution in [1.29, 1.82) is 0 Å². The summed E-state index contributed by atoms with van der Waals surface area (Å²) in [5.74, 6) is -0.0840. The molecule has 14 heavy (non-hydrogen) atoms. The first-order valence-corrected chi connectivity index (χ1v) is 5.27. The van der Waals surface area contributed by atoms with E-state index in [9.17, 15) is 4.79 Å². The van der Waals surface area contributed by atoms with Crippen LogP contribution in [0.2, 0.25) is 0 Å². The summed E-state index contributed by atoms with van der Waals surface area (Å²) in [6, 6.07) is 0.240. The molecule has 0 bridgehead atoms. The van der Waals surface area contributed by atoms with Gasteiger partial charge in [0.1, 0.15) is 4.60 Å². The van der Waals surface area contributed by atoms with Crippen molar-refractivity contribution in [3.8, 4) is 0 Å². The minimum absolute atomic E-state index is 0.0840. The van der Waals surface area contributed by atoms with E-state index in [0.717, 1.165) is 19.5 Å². The fraction of sp³-hybridized carbons (Fsp3) is 0.500. The molecule has 0 radical (unpaired) electrons. The highest BCUT2D eigenvalue weighted by molar-refractivity contribution is 9.10. The number of carbonyl (C=O) groups excluding carboxylic acids is 1. The minimum Gasteiger partial charge on any atom is -0.348 e. The Labute approximate surface area is 89.8 Å². The number of nitrogens with zero attached hydrogens (tertiary/aromatic N) is 1. The highest BCUT2D eigenvalue weighted by Gasteiger charge is 2.19. The molecule has 5 nitrogen and oxygen atoms in total. The summed E-state index contributed by atoms with van der Waals surface area (Å²) in [5, 5.41) is 12.6. The summed E-state index contributed by atoms with van der Waals surface area (Å²) < 4.78 is 0.626. The van der Waals surface area contributed by atoms with E-state index < -0.39 is 0 Å². The number of aromatic nitrogens is 2. The fourth-order valence-corrected chi connectivity index (χ4v) is 1.85. The third-order valence-electron chi connectivity index (χ3n) is 2.23. The van der Waals surface area contributed by atoms with Crippen molar-refractivity contribution in [2.75, 3.05) is 13.1 Å². The van der Waals surface area contributed by atoms with Crippen molar-refractivity contribution in [2.45, 2.75) is 12.5 Å². The van der Waals surface area contributed by atoms with Gasteiger partial charge in [0.05, 0.1) is 11.8 Å². The van der Waals surface area contributed by atoms with Crippen LogP contribution >= 0.6 is 15.9 Å². The highest BCUT2D eigenvalue weighted by Crippen LogP contribution is 2.12. The molecular formula is C8H11BrN4O. The second-order valence-corrected chi connectivity index (χ2v) is 4.05. The van der Waals surface area contributed by atoms with E-state index in [0.29, 0.717) is 10.2 Å². The smallest absolute Gasteiger partial charge is 0.255 e. The number of amides is 1. The molecule has 0 saturated carbocycles. The van der Waals surface area contributed by atoms with E-state index in [1.807, 2.05) is 0 Å². The quantitative estimate of drug-likeness (QED) is 0.713. The van der Waals surface area contributed by atoms with Crippen molar-refractivity contribution < 1.29 is 4.79 Å². The van der Waals surface area contributed by atoms with Gasteiger partial charge in [0.25, 0.3) is 5.91 Å². The Morgan fingerprint density at radius 2 is 2.57 bits per heavy atom. The molecule has 1 fully saturated rings. The van der Waals surface area contributed by atoms with Gasteiger partial charge in [-0.2, -0.15) is 5.10 Å². The van der Waals surface area contributed by atoms with Crippen molar-refractivity contribution in [3.05, 3.63) is 16.4 Å². The first-order valence-electron chi connectivity index (χ1n) is 4.48. The third kappa shape index (κ3) is 1.96. The Morgan fingerprint density at radius 1 is 1.71 bits per heavy atom. The normalized spacial score (nSPS) is 21.1. The maximum Gasteiger partial charge on any atom is 0.255 e. The number of carbonyl (C=O) groups is 1. The van der Waals surface area contributed by atoms with E-state index >= 15 is 0 Å². The molecular weight excluding hydrogens is 248 g/mol. The van der Waals surface area contributed by atoms with Gasteiger partial charge in [-0.15, -0.1) is 0 Å². The summed E-state index contributed by atoms with van der Waals surface area (Å²) >= 11 is 3.22. The minimum atomic E-state index is -0.0840. The number of hydrogen-bond donors (Lipinski definition) is 3. The van der Waals surface area contributed by atoms with E-state index in [4.69, 9.17) is 0 Å². The van der Waals surface area contributed by atoms with Crippen molar-refractivity contribution in [1.82, 2.24) is 20.8 Å². The number of nitrogens with one attached hydrogen (secondary N) is 3. The Hall–Kier alpha value is -0.880. The zero-order chi connectivity index (χ0) is 9.97. The standard InChI is InChI=1S/C8H11BrN4O/c9-7-6(4-11-13-7)8(14)12-5-1-2-10-3-5/h4-5,10H,1-3H2,(H,11,13)(H,12,14). The Kier molecular flexibility index (Phi) is 2.83. The highest BCUT2D eigenvalue weighted by atomic mass is 79.9. The summed E-state index contributed by atoms with van der Waals surface area (Å²) in [6.45, 7) is 1.82. The largest absolute Gasteiger partial charge is 0.348 e. The molecule has 0 aromatic carbocycles. The van der Waals surface area contributed by atoms with E-state index in [2.05, 4.69) is 36.8 Å². The molecule has 2 rings (SSSR count). The zero-order valence-corrected chi connectivity index (χ0v) is 9.10. The first kappa shape index (κ1) is 9.67. The van der Waals surface area contributed by atoms with Crippen LogP contribution in [0.1, 0.15) is 16.8 Å². The molecule has 1 amide bonds. The molecule has 1 unspecified atom stereocenters. The molecule has 1 aromatic rings. The predicted octanol–water partition coefficient (Wildman–Crippen LogP) is 0.264. The number of aromatic amines is 1. The van der Waals surface area contributed by atoms with Crippen LogP contribution in [0.4, 0.5) is 0 Å². The molecule has 0 aliphatic carbocycles. The number of H-pyrrole nitrogens is 1. The van der Waals surface area contributed by atoms with Crippen LogP contribution in [-0.2, 0) is 0 Å². The van der Waals surface area contributed by atoms with Gasteiger partial charge in [0, 0.05) is 12.6 Å². The Bertz CT molecular complexity index is 332.